The lowest BCUT2D eigenvalue weighted by Gasteiger charge is -2.12. The van der Waals surface area contributed by atoms with Gasteiger partial charge in [0.05, 0.1) is 11.8 Å². The van der Waals surface area contributed by atoms with E-state index in [9.17, 15) is 17.6 Å². The van der Waals surface area contributed by atoms with Gasteiger partial charge in [-0.05, 0) is 31.5 Å². The Balaban J connectivity index is 2.78. The van der Waals surface area contributed by atoms with Gasteiger partial charge in [0.1, 0.15) is 5.82 Å². The number of nitrogens with one attached hydrogen (secondary N) is 2. The zero-order valence-electron chi connectivity index (χ0n) is 11.0. The van der Waals surface area contributed by atoms with Gasteiger partial charge in [-0.1, -0.05) is 6.07 Å². The summed E-state index contributed by atoms with van der Waals surface area (Å²) >= 11 is 0. The summed E-state index contributed by atoms with van der Waals surface area (Å²) in [6, 6.07) is 3.78. The van der Waals surface area contributed by atoms with Gasteiger partial charge in [0.15, 0.2) is 0 Å². The predicted molar refractivity (Wildman–Crippen MR) is 71.6 cm³/mol. The molecule has 20 heavy (non-hydrogen) atoms. The van der Waals surface area contributed by atoms with Crippen molar-refractivity contribution in [3.8, 4) is 0 Å². The van der Waals surface area contributed by atoms with Crippen LogP contribution < -0.4 is 15.2 Å². The van der Waals surface area contributed by atoms with Crippen molar-refractivity contribution in [2.75, 3.05) is 4.72 Å². The molecule has 4 N–H and O–H groups in total. The van der Waals surface area contributed by atoms with Crippen LogP contribution in [0.15, 0.2) is 18.2 Å². The summed E-state index contributed by atoms with van der Waals surface area (Å²) in [6.45, 7) is 3.25. The van der Waals surface area contributed by atoms with E-state index < -0.39 is 28.2 Å². The first kappa shape index (κ1) is 16.2. The van der Waals surface area contributed by atoms with Crippen LogP contribution in [0.4, 0.5) is 14.9 Å². The molecule has 0 fully saturated rings. The first-order valence-electron chi connectivity index (χ1n) is 5.73. The lowest BCUT2D eigenvalue weighted by Crippen LogP contribution is -2.37. The Kier molecular flexibility index (Phi) is 5.28. The molecule has 0 atom stereocenters. The van der Waals surface area contributed by atoms with Crippen LogP contribution in [0.2, 0.25) is 0 Å². The largest absolute Gasteiger partial charge is 0.446 e. The maximum Gasteiger partial charge on any atom is 0.422 e. The number of carbonyl (C=O) groups is 1. The summed E-state index contributed by atoms with van der Waals surface area (Å²) in [6.07, 6.45) is -1.63. The lowest BCUT2D eigenvalue weighted by atomic mass is 10.2. The normalized spacial score (nSPS) is 11.2. The van der Waals surface area contributed by atoms with E-state index in [2.05, 4.69) is 4.74 Å². The van der Waals surface area contributed by atoms with Gasteiger partial charge in [0.25, 0.3) is 0 Å². The summed E-state index contributed by atoms with van der Waals surface area (Å²) in [7, 11) is -4.27. The molecule has 0 radical (unpaired) electrons. The quantitative estimate of drug-likeness (QED) is 0.753. The van der Waals surface area contributed by atoms with Crippen molar-refractivity contribution in [2.24, 2.45) is 5.73 Å². The van der Waals surface area contributed by atoms with Crippen molar-refractivity contribution in [1.29, 1.82) is 0 Å². The van der Waals surface area contributed by atoms with E-state index in [0.717, 1.165) is 6.07 Å². The molecule has 1 rings (SSSR count). The van der Waals surface area contributed by atoms with E-state index in [4.69, 9.17) is 5.73 Å². The van der Waals surface area contributed by atoms with Crippen molar-refractivity contribution in [2.45, 2.75) is 26.5 Å². The first-order valence-corrected chi connectivity index (χ1v) is 7.21. The van der Waals surface area contributed by atoms with Crippen LogP contribution in [-0.2, 0) is 21.5 Å². The molecule has 1 aromatic rings. The fourth-order valence-corrected chi connectivity index (χ4v) is 2.06. The molecule has 0 saturated carbocycles. The molecular formula is C11H16FN3O4S. The van der Waals surface area contributed by atoms with E-state index in [1.165, 1.54) is 12.1 Å². The van der Waals surface area contributed by atoms with Gasteiger partial charge in [-0.2, -0.15) is 8.42 Å². The number of ether oxygens (including phenoxy) is 1. The molecule has 0 spiro atoms. The van der Waals surface area contributed by atoms with Crippen LogP contribution in [-0.4, -0.2) is 20.6 Å². The van der Waals surface area contributed by atoms with Gasteiger partial charge in [-0.25, -0.2) is 13.9 Å². The van der Waals surface area contributed by atoms with E-state index in [0.29, 0.717) is 5.56 Å². The maximum atomic E-state index is 13.6. The minimum absolute atomic E-state index is 0.128. The molecule has 0 aromatic heterocycles. The Morgan fingerprint density at radius 2 is 2.10 bits per heavy atom. The summed E-state index contributed by atoms with van der Waals surface area (Å²) in [5.74, 6) is -0.796. The van der Waals surface area contributed by atoms with Crippen LogP contribution in [0.1, 0.15) is 19.4 Å². The summed E-state index contributed by atoms with van der Waals surface area (Å²) in [4.78, 5) is 11.2. The smallest absolute Gasteiger partial charge is 0.422 e. The average molecular weight is 305 g/mol. The second kappa shape index (κ2) is 6.53. The number of hydrogen-bond donors (Lipinski definition) is 3. The molecule has 0 saturated heterocycles. The summed E-state index contributed by atoms with van der Waals surface area (Å²) < 4.78 is 44.9. The highest BCUT2D eigenvalue weighted by molar-refractivity contribution is 7.91. The number of benzene rings is 1. The number of anilines is 1. The van der Waals surface area contributed by atoms with Crippen molar-refractivity contribution >= 4 is 22.0 Å². The van der Waals surface area contributed by atoms with Crippen LogP contribution in [0, 0.1) is 5.82 Å². The molecule has 1 aromatic carbocycles. The maximum absolute atomic E-state index is 13.6. The van der Waals surface area contributed by atoms with Gasteiger partial charge in [-0.15, -0.1) is 0 Å². The number of halogens is 1. The standard InChI is InChI=1S/C11H16FN3O4S/c1-7(2)19-11(16)15-20(17,18)14-10-4-3-8(6-13)5-9(10)12/h3-5,7,14H,6,13H2,1-2H3,(H,15,16). The highest BCUT2D eigenvalue weighted by Crippen LogP contribution is 2.16. The number of nitrogens with two attached hydrogens (primary N) is 1. The van der Waals surface area contributed by atoms with Gasteiger partial charge in [0, 0.05) is 6.54 Å². The van der Waals surface area contributed by atoms with Crippen molar-refractivity contribution in [1.82, 2.24) is 4.72 Å². The van der Waals surface area contributed by atoms with E-state index >= 15 is 0 Å². The molecule has 112 valence electrons. The zero-order chi connectivity index (χ0) is 15.3. The fourth-order valence-electron chi connectivity index (χ4n) is 1.29. The number of amides is 1. The molecule has 0 bridgehead atoms. The monoisotopic (exact) mass is 305 g/mol. The highest BCUT2D eigenvalue weighted by atomic mass is 32.2. The Labute approximate surface area is 116 Å². The third-order valence-electron chi connectivity index (χ3n) is 2.07. The minimum atomic E-state index is -4.27. The molecule has 0 aliphatic carbocycles. The third kappa shape index (κ3) is 5.02. The summed E-state index contributed by atoms with van der Waals surface area (Å²) in [5.41, 5.74) is 5.54. The van der Waals surface area contributed by atoms with Gasteiger partial charge < -0.3 is 10.5 Å². The average Bonchev–Trinajstić information content (AvgIpc) is 2.29. The summed E-state index contributed by atoms with van der Waals surface area (Å²) in [5, 5.41) is 0. The molecule has 0 aliphatic rings. The lowest BCUT2D eigenvalue weighted by molar-refractivity contribution is 0.121. The molecule has 1 amide bonds. The predicted octanol–water partition coefficient (Wildman–Crippen LogP) is 1.08. The third-order valence-corrected chi connectivity index (χ3v) is 3.00. The van der Waals surface area contributed by atoms with E-state index in [-0.39, 0.29) is 12.2 Å². The molecule has 7 nitrogen and oxygen atoms in total. The highest BCUT2D eigenvalue weighted by Gasteiger charge is 2.18. The Bertz CT molecular complexity index is 589. The Morgan fingerprint density at radius 3 is 2.60 bits per heavy atom. The topological polar surface area (TPSA) is 111 Å². The van der Waals surface area contributed by atoms with Crippen LogP contribution in [0.25, 0.3) is 0 Å². The molecule has 0 heterocycles. The first-order chi connectivity index (χ1) is 9.23. The fraction of sp³-hybridized carbons (Fsp3) is 0.364. The Hall–Kier alpha value is -1.87. The van der Waals surface area contributed by atoms with Crippen LogP contribution in [0.3, 0.4) is 0 Å². The van der Waals surface area contributed by atoms with E-state index in [1.54, 1.807) is 18.6 Å². The van der Waals surface area contributed by atoms with Crippen LogP contribution >= 0.6 is 0 Å². The number of rotatable bonds is 5. The molecule has 0 aliphatic heterocycles. The van der Waals surface area contributed by atoms with Crippen molar-refractivity contribution in [3.05, 3.63) is 29.6 Å². The molecule has 9 heteroatoms. The van der Waals surface area contributed by atoms with E-state index in [1.807, 2.05) is 4.72 Å². The van der Waals surface area contributed by atoms with Crippen LogP contribution in [0.5, 0.6) is 0 Å². The van der Waals surface area contributed by atoms with Gasteiger partial charge >= 0.3 is 16.3 Å². The second-order valence-electron chi connectivity index (χ2n) is 4.18. The molecular weight excluding hydrogens is 289 g/mol. The number of carbonyl (C=O) groups excluding carboxylic acids is 1. The number of hydrogen-bond acceptors (Lipinski definition) is 5. The minimum Gasteiger partial charge on any atom is -0.446 e. The second-order valence-corrected chi connectivity index (χ2v) is 5.60. The van der Waals surface area contributed by atoms with Gasteiger partial charge in [0.2, 0.25) is 0 Å². The van der Waals surface area contributed by atoms with Gasteiger partial charge in [-0.3, -0.25) is 4.72 Å². The zero-order valence-corrected chi connectivity index (χ0v) is 11.8. The Morgan fingerprint density at radius 1 is 1.45 bits per heavy atom. The SMILES string of the molecule is CC(C)OC(=O)NS(=O)(=O)Nc1ccc(CN)cc1F. The van der Waals surface area contributed by atoms with Crippen molar-refractivity contribution in [3.63, 3.8) is 0 Å². The molecule has 0 unspecified atom stereocenters. The van der Waals surface area contributed by atoms with Crippen molar-refractivity contribution < 1.29 is 22.3 Å².